The zero-order valence-corrected chi connectivity index (χ0v) is 10.0. The Bertz CT molecular complexity index is 325. The van der Waals surface area contributed by atoms with E-state index in [4.69, 9.17) is 0 Å². The first-order valence-electron chi connectivity index (χ1n) is 4.51. The van der Waals surface area contributed by atoms with E-state index in [0.717, 1.165) is 11.0 Å². The highest BCUT2D eigenvalue weighted by Crippen LogP contribution is 2.16. The average Bonchev–Trinajstić information content (AvgIpc) is 2.07. The molecule has 0 radical (unpaired) electrons. The van der Waals surface area contributed by atoms with Crippen molar-refractivity contribution in [3.8, 4) is 0 Å². The normalized spacial score (nSPS) is 10.6. The topological polar surface area (TPSA) is 20.3 Å². The zero-order valence-electron chi connectivity index (χ0n) is 8.46. The second-order valence-electron chi connectivity index (χ2n) is 3.47. The van der Waals surface area contributed by atoms with Gasteiger partial charge < -0.3 is 0 Å². The van der Waals surface area contributed by atoms with E-state index in [2.05, 4.69) is 22.0 Å². The molecule has 1 aromatic carbocycles. The highest BCUT2D eigenvalue weighted by atomic mass is 79.9. The lowest BCUT2D eigenvalue weighted by Gasteiger charge is -2.15. The number of likely N-dealkylation sites (N-methyl/N-ethyl adjacent to an activating group) is 1. The van der Waals surface area contributed by atoms with E-state index in [1.807, 2.05) is 30.1 Å². The third kappa shape index (κ3) is 3.60. The summed E-state index contributed by atoms with van der Waals surface area (Å²) >= 11 is 3.48. The van der Waals surface area contributed by atoms with E-state index < -0.39 is 0 Å². The number of nitrogens with zero attached hydrogens (tertiary/aromatic N) is 1. The molecule has 0 aromatic heterocycles. The third-order valence-corrected chi connectivity index (χ3v) is 2.66. The molecule has 0 N–H and O–H groups in total. The SMILES string of the molecule is CC(=O)CN(C)Cc1ccccc1Br. The number of hydrogen-bond donors (Lipinski definition) is 0. The van der Waals surface area contributed by atoms with Crippen molar-refractivity contribution in [1.82, 2.24) is 4.90 Å². The van der Waals surface area contributed by atoms with Crippen LogP contribution >= 0.6 is 15.9 Å². The minimum atomic E-state index is 0.194. The average molecular weight is 256 g/mol. The van der Waals surface area contributed by atoms with E-state index in [9.17, 15) is 4.79 Å². The Labute approximate surface area is 93.0 Å². The van der Waals surface area contributed by atoms with Crippen molar-refractivity contribution in [2.45, 2.75) is 13.5 Å². The molecule has 0 fully saturated rings. The van der Waals surface area contributed by atoms with Crippen LogP contribution in [-0.2, 0) is 11.3 Å². The standard InChI is InChI=1S/C11H14BrNO/c1-9(14)7-13(2)8-10-5-3-4-6-11(10)12/h3-6H,7-8H2,1-2H3. The smallest absolute Gasteiger partial charge is 0.143 e. The largest absolute Gasteiger partial charge is 0.299 e. The van der Waals surface area contributed by atoms with Crippen LogP contribution in [0.25, 0.3) is 0 Å². The monoisotopic (exact) mass is 255 g/mol. The van der Waals surface area contributed by atoms with Crippen molar-refractivity contribution in [3.63, 3.8) is 0 Å². The summed E-state index contributed by atoms with van der Waals surface area (Å²) in [7, 11) is 1.95. The summed E-state index contributed by atoms with van der Waals surface area (Å²) in [5, 5.41) is 0. The first-order chi connectivity index (χ1) is 6.59. The van der Waals surface area contributed by atoms with Gasteiger partial charge in [0, 0.05) is 11.0 Å². The maximum absolute atomic E-state index is 10.9. The van der Waals surface area contributed by atoms with E-state index in [-0.39, 0.29) is 5.78 Å². The molecule has 0 atom stereocenters. The molecule has 3 heteroatoms. The lowest BCUT2D eigenvalue weighted by molar-refractivity contribution is -0.117. The summed E-state index contributed by atoms with van der Waals surface area (Å²) in [6.45, 7) is 2.90. The van der Waals surface area contributed by atoms with Crippen LogP contribution < -0.4 is 0 Å². The lowest BCUT2D eigenvalue weighted by atomic mass is 10.2. The molecule has 14 heavy (non-hydrogen) atoms. The molecule has 1 rings (SSSR count). The van der Waals surface area contributed by atoms with Crippen molar-refractivity contribution in [3.05, 3.63) is 34.3 Å². The van der Waals surface area contributed by atoms with Gasteiger partial charge in [0.05, 0.1) is 6.54 Å². The molecule has 0 heterocycles. The minimum Gasteiger partial charge on any atom is -0.299 e. The Morgan fingerprint density at radius 2 is 2.07 bits per heavy atom. The summed E-state index contributed by atoms with van der Waals surface area (Å²) < 4.78 is 1.09. The maximum atomic E-state index is 10.9. The number of ketones is 1. The maximum Gasteiger partial charge on any atom is 0.143 e. The van der Waals surface area contributed by atoms with Gasteiger partial charge >= 0.3 is 0 Å². The Kier molecular flexibility index (Phi) is 4.29. The Hall–Kier alpha value is -0.670. The van der Waals surface area contributed by atoms with Gasteiger partial charge in [-0.2, -0.15) is 0 Å². The van der Waals surface area contributed by atoms with Crippen LogP contribution in [0.2, 0.25) is 0 Å². The predicted octanol–water partition coefficient (Wildman–Crippen LogP) is 2.47. The van der Waals surface area contributed by atoms with Crippen molar-refractivity contribution < 1.29 is 4.79 Å². The number of halogens is 1. The first-order valence-corrected chi connectivity index (χ1v) is 5.30. The Balaban J connectivity index is 2.60. The van der Waals surface area contributed by atoms with Gasteiger partial charge in [-0.05, 0) is 25.6 Å². The number of benzene rings is 1. The van der Waals surface area contributed by atoms with Gasteiger partial charge in [-0.25, -0.2) is 0 Å². The van der Waals surface area contributed by atoms with Gasteiger partial charge in [0.2, 0.25) is 0 Å². The predicted molar refractivity (Wildman–Crippen MR) is 61.2 cm³/mol. The second kappa shape index (κ2) is 5.27. The van der Waals surface area contributed by atoms with Crippen molar-refractivity contribution >= 4 is 21.7 Å². The van der Waals surface area contributed by atoms with Gasteiger partial charge in [-0.1, -0.05) is 34.1 Å². The summed E-state index contributed by atoms with van der Waals surface area (Å²) in [5.41, 5.74) is 1.20. The fraction of sp³-hybridized carbons (Fsp3) is 0.364. The Morgan fingerprint density at radius 1 is 1.43 bits per heavy atom. The van der Waals surface area contributed by atoms with Crippen LogP contribution in [-0.4, -0.2) is 24.3 Å². The molecule has 0 spiro atoms. The molecule has 0 saturated heterocycles. The molecule has 0 aliphatic heterocycles. The number of rotatable bonds is 4. The number of hydrogen-bond acceptors (Lipinski definition) is 2. The molecular formula is C11H14BrNO. The minimum absolute atomic E-state index is 0.194. The summed E-state index contributed by atoms with van der Waals surface area (Å²) in [6.07, 6.45) is 0. The quantitative estimate of drug-likeness (QED) is 0.824. The van der Waals surface area contributed by atoms with Crippen LogP contribution in [0.3, 0.4) is 0 Å². The molecule has 76 valence electrons. The van der Waals surface area contributed by atoms with E-state index in [1.54, 1.807) is 6.92 Å². The van der Waals surface area contributed by atoms with Crippen LogP contribution in [0, 0.1) is 0 Å². The molecule has 2 nitrogen and oxygen atoms in total. The number of carbonyl (C=O) groups excluding carboxylic acids is 1. The molecule has 0 saturated carbocycles. The fourth-order valence-corrected chi connectivity index (χ4v) is 1.76. The van der Waals surface area contributed by atoms with E-state index in [1.165, 1.54) is 5.56 Å². The molecule has 0 aliphatic carbocycles. The highest BCUT2D eigenvalue weighted by molar-refractivity contribution is 9.10. The molecule has 0 unspecified atom stereocenters. The zero-order chi connectivity index (χ0) is 10.6. The third-order valence-electron chi connectivity index (χ3n) is 1.89. The fourth-order valence-electron chi connectivity index (χ4n) is 1.35. The van der Waals surface area contributed by atoms with E-state index in [0.29, 0.717) is 6.54 Å². The van der Waals surface area contributed by atoms with Gasteiger partial charge in [0.15, 0.2) is 0 Å². The Morgan fingerprint density at radius 3 is 2.64 bits per heavy atom. The van der Waals surface area contributed by atoms with Gasteiger partial charge in [-0.3, -0.25) is 9.69 Å². The first kappa shape index (κ1) is 11.4. The number of Topliss-reactive ketones (excluding diaryl/α,β-unsaturated/α-hetero) is 1. The summed E-state index contributed by atoms with van der Waals surface area (Å²) in [6, 6.07) is 8.05. The van der Waals surface area contributed by atoms with Crippen LogP contribution in [0.5, 0.6) is 0 Å². The van der Waals surface area contributed by atoms with Gasteiger partial charge in [0.25, 0.3) is 0 Å². The number of carbonyl (C=O) groups is 1. The molecular weight excluding hydrogens is 242 g/mol. The summed E-state index contributed by atoms with van der Waals surface area (Å²) in [4.78, 5) is 12.9. The van der Waals surface area contributed by atoms with Crippen LogP contribution in [0.15, 0.2) is 28.7 Å². The molecule has 0 bridgehead atoms. The van der Waals surface area contributed by atoms with Crippen LogP contribution in [0.1, 0.15) is 12.5 Å². The second-order valence-corrected chi connectivity index (χ2v) is 4.32. The van der Waals surface area contributed by atoms with Gasteiger partial charge in [0.1, 0.15) is 5.78 Å². The lowest BCUT2D eigenvalue weighted by Crippen LogP contribution is -2.23. The van der Waals surface area contributed by atoms with Crippen molar-refractivity contribution in [2.24, 2.45) is 0 Å². The molecule has 1 aromatic rings. The molecule has 0 aliphatic rings. The van der Waals surface area contributed by atoms with E-state index >= 15 is 0 Å². The van der Waals surface area contributed by atoms with Crippen LogP contribution in [0.4, 0.5) is 0 Å². The van der Waals surface area contributed by atoms with Crippen molar-refractivity contribution in [1.29, 1.82) is 0 Å². The van der Waals surface area contributed by atoms with Gasteiger partial charge in [-0.15, -0.1) is 0 Å². The van der Waals surface area contributed by atoms with Crippen molar-refractivity contribution in [2.75, 3.05) is 13.6 Å². The summed E-state index contributed by atoms with van der Waals surface area (Å²) in [5.74, 6) is 0.194. The molecule has 0 amide bonds. The highest BCUT2D eigenvalue weighted by Gasteiger charge is 2.04.